The summed E-state index contributed by atoms with van der Waals surface area (Å²) in [5.41, 5.74) is 1.21. The molecular formula is C16H25N3OS. The smallest absolute Gasteiger partial charge is 0.241 e. The summed E-state index contributed by atoms with van der Waals surface area (Å²) in [5, 5.41) is 7.72. The highest BCUT2D eigenvalue weighted by molar-refractivity contribution is 7.07. The zero-order chi connectivity index (χ0) is 15.0. The van der Waals surface area contributed by atoms with Crippen molar-refractivity contribution in [3.8, 4) is 0 Å². The quantitative estimate of drug-likeness (QED) is 0.877. The zero-order valence-corrected chi connectivity index (χ0v) is 13.9. The third kappa shape index (κ3) is 3.00. The van der Waals surface area contributed by atoms with Crippen LogP contribution in [0.1, 0.15) is 44.8 Å². The van der Waals surface area contributed by atoms with Crippen LogP contribution in [0.2, 0.25) is 0 Å². The van der Waals surface area contributed by atoms with E-state index in [4.69, 9.17) is 0 Å². The van der Waals surface area contributed by atoms with Gasteiger partial charge >= 0.3 is 0 Å². The fourth-order valence-corrected chi connectivity index (χ4v) is 3.81. The molecular weight excluding hydrogens is 282 g/mol. The van der Waals surface area contributed by atoms with Crippen LogP contribution in [0.5, 0.6) is 0 Å². The fourth-order valence-electron chi connectivity index (χ4n) is 3.13. The Morgan fingerprint density at radius 1 is 1.52 bits per heavy atom. The summed E-state index contributed by atoms with van der Waals surface area (Å²) in [6.45, 7) is 5.11. The number of hydrogen-bond acceptors (Lipinski definition) is 4. The highest BCUT2D eigenvalue weighted by atomic mass is 32.1. The highest BCUT2D eigenvalue weighted by Crippen LogP contribution is 2.31. The van der Waals surface area contributed by atoms with Gasteiger partial charge in [0, 0.05) is 18.6 Å². The molecule has 5 heteroatoms. The van der Waals surface area contributed by atoms with E-state index in [-0.39, 0.29) is 18.1 Å². The van der Waals surface area contributed by atoms with E-state index in [0.717, 1.165) is 19.0 Å². The molecule has 116 valence electrons. The highest BCUT2D eigenvalue weighted by Gasteiger charge is 2.40. The third-order valence-electron chi connectivity index (χ3n) is 4.80. The largest absolute Gasteiger partial charge is 0.320 e. The van der Waals surface area contributed by atoms with Crippen LogP contribution in [-0.4, -0.2) is 47.4 Å². The molecule has 1 aliphatic heterocycles. The molecule has 2 fully saturated rings. The van der Waals surface area contributed by atoms with Crippen LogP contribution in [0.4, 0.5) is 0 Å². The number of nitrogens with zero attached hydrogens (tertiary/aromatic N) is 2. The summed E-state index contributed by atoms with van der Waals surface area (Å²) >= 11 is 1.69. The molecule has 2 heterocycles. The Kier molecular flexibility index (Phi) is 4.33. The van der Waals surface area contributed by atoms with Crippen molar-refractivity contribution >= 4 is 17.2 Å². The van der Waals surface area contributed by atoms with Gasteiger partial charge in [-0.05, 0) is 55.6 Å². The lowest BCUT2D eigenvalue weighted by molar-refractivity contribution is -0.130. The van der Waals surface area contributed by atoms with Crippen LogP contribution in [0.25, 0.3) is 0 Å². The van der Waals surface area contributed by atoms with Gasteiger partial charge in [-0.2, -0.15) is 11.3 Å². The van der Waals surface area contributed by atoms with Crippen LogP contribution in [-0.2, 0) is 4.79 Å². The van der Waals surface area contributed by atoms with Crippen molar-refractivity contribution < 1.29 is 4.79 Å². The maximum Gasteiger partial charge on any atom is 0.241 e. The van der Waals surface area contributed by atoms with Gasteiger partial charge in [0.1, 0.15) is 6.17 Å². The van der Waals surface area contributed by atoms with Crippen LogP contribution >= 0.6 is 11.3 Å². The van der Waals surface area contributed by atoms with Crippen molar-refractivity contribution in [2.75, 3.05) is 13.6 Å². The molecule has 1 aromatic rings. The normalized spacial score (nSPS) is 27.6. The fraction of sp³-hybridized carbons (Fsp3) is 0.688. The lowest BCUT2D eigenvalue weighted by Gasteiger charge is -2.31. The maximum atomic E-state index is 12.6. The van der Waals surface area contributed by atoms with Gasteiger partial charge in [0.05, 0.1) is 6.04 Å². The Morgan fingerprint density at radius 2 is 2.29 bits per heavy atom. The first-order chi connectivity index (χ1) is 10.1. The average molecular weight is 307 g/mol. The minimum atomic E-state index is -0.0340. The van der Waals surface area contributed by atoms with Crippen molar-refractivity contribution in [2.24, 2.45) is 0 Å². The molecule has 1 N–H and O–H groups in total. The van der Waals surface area contributed by atoms with E-state index < -0.39 is 0 Å². The second-order valence-electron chi connectivity index (χ2n) is 6.32. The molecule has 2 aliphatic rings. The Morgan fingerprint density at radius 3 is 2.86 bits per heavy atom. The van der Waals surface area contributed by atoms with Crippen LogP contribution in [0, 0.1) is 0 Å². The van der Waals surface area contributed by atoms with Gasteiger partial charge in [-0.15, -0.1) is 0 Å². The van der Waals surface area contributed by atoms with Gasteiger partial charge in [0.2, 0.25) is 5.91 Å². The van der Waals surface area contributed by atoms with Crippen molar-refractivity contribution in [1.82, 2.24) is 15.1 Å². The second-order valence-corrected chi connectivity index (χ2v) is 7.10. The first kappa shape index (κ1) is 15.0. The summed E-state index contributed by atoms with van der Waals surface area (Å²) in [4.78, 5) is 17.1. The van der Waals surface area contributed by atoms with E-state index in [9.17, 15) is 4.79 Å². The average Bonchev–Trinajstić information content (AvgIpc) is 3.10. The first-order valence-corrected chi connectivity index (χ1v) is 8.86. The summed E-state index contributed by atoms with van der Waals surface area (Å²) in [6, 6.07) is 3.22. The number of hydrogen-bond donors (Lipinski definition) is 1. The Balaban J connectivity index is 1.74. The minimum absolute atomic E-state index is 0.0340. The second kappa shape index (κ2) is 6.07. The molecule has 0 aromatic carbocycles. The molecule has 1 aliphatic carbocycles. The summed E-state index contributed by atoms with van der Waals surface area (Å²) in [6.07, 6.45) is 3.50. The first-order valence-electron chi connectivity index (χ1n) is 7.92. The molecule has 1 saturated carbocycles. The molecule has 1 amide bonds. The third-order valence-corrected chi connectivity index (χ3v) is 5.50. The topological polar surface area (TPSA) is 35.6 Å². The monoisotopic (exact) mass is 307 g/mol. The lowest BCUT2D eigenvalue weighted by Crippen LogP contribution is -2.43. The Hall–Kier alpha value is -0.910. The van der Waals surface area contributed by atoms with Gasteiger partial charge < -0.3 is 4.90 Å². The van der Waals surface area contributed by atoms with E-state index in [1.165, 1.54) is 18.4 Å². The van der Waals surface area contributed by atoms with E-state index in [1.807, 2.05) is 4.90 Å². The number of thiophene rings is 1. The molecule has 1 aromatic heterocycles. The summed E-state index contributed by atoms with van der Waals surface area (Å²) in [7, 11) is 2.19. The number of likely N-dealkylation sites (N-methyl/N-ethyl adjacent to an activating group) is 1. The molecule has 0 bridgehead atoms. The maximum absolute atomic E-state index is 12.6. The van der Waals surface area contributed by atoms with Gasteiger partial charge in [-0.3, -0.25) is 15.0 Å². The molecule has 3 atom stereocenters. The number of amides is 1. The van der Waals surface area contributed by atoms with Gasteiger partial charge in [0.25, 0.3) is 0 Å². The molecule has 21 heavy (non-hydrogen) atoms. The molecule has 0 spiro atoms. The minimum Gasteiger partial charge on any atom is -0.320 e. The molecule has 4 nitrogen and oxygen atoms in total. The van der Waals surface area contributed by atoms with E-state index in [0.29, 0.717) is 6.04 Å². The van der Waals surface area contributed by atoms with Crippen LogP contribution in [0.3, 0.4) is 0 Å². The molecule has 0 radical (unpaired) electrons. The van der Waals surface area contributed by atoms with Gasteiger partial charge in [-0.25, -0.2) is 0 Å². The summed E-state index contributed by atoms with van der Waals surface area (Å²) in [5.74, 6) is 0.254. The summed E-state index contributed by atoms with van der Waals surface area (Å²) < 4.78 is 0. The van der Waals surface area contributed by atoms with Crippen molar-refractivity contribution in [1.29, 1.82) is 0 Å². The number of rotatable bonds is 6. The van der Waals surface area contributed by atoms with Crippen molar-refractivity contribution in [2.45, 2.75) is 57.4 Å². The molecule has 1 saturated heterocycles. The van der Waals surface area contributed by atoms with Gasteiger partial charge in [0.15, 0.2) is 0 Å². The van der Waals surface area contributed by atoms with E-state index in [1.54, 1.807) is 11.3 Å². The Labute approximate surface area is 131 Å². The van der Waals surface area contributed by atoms with Crippen LogP contribution in [0.15, 0.2) is 16.8 Å². The van der Waals surface area contributed by atoms with Crippen molar-refractivity contribution in [3.63, 3.8) is 0 Å². The number of carbonyl (C=O) groups is 1. The number of nitrogens with one attached hydrogen (secondary N) is 1. The van der Waals surface area contributed by atoms with E-state index >= 15 is 0 Å². The molecule has 3 rings (SSSR count). The SMILES string of the molecule is CCC1NC(c2ccsc2)N(CC(C)N(C)C2CC2)C1=O. The lowest BCUT2D eigenvalue weighted by atomic mass is 10.2. The van der Waals surface area contributed by atoms with E-state index in [2.05, 4.69) is 47.9 Å². The molecule has 3 unspecified atom stereocenters. The zero-order valence-electron chi connectivity index (χ0n) is 13.1. The van der Waals surface area contributed by atoms with Crippen molar-refractivity contribution in [3.05, 3.63) is 22.4 Å². The number of carbonyl (C=O) groups excluding carboxylic acids is 1. The van der Waals surface area contributed by atoms with Crippen LogP contribution < -0.4 is 5.32 Å². The van der Waals surface area contributed by atoms with Gasteiger partial charge in [-0.1, -0.05) is 6.92 Å². The predicted molar refractivity (Wildman–Crippen MR) is 86.2 cm³/mol. The Bertz CT molecular complexity index is 486. The standard InChI is InChI=1S/C16H25N3OS/c1-4-14-16(20)19(9-11(2)18(3)13-5-6-13)15(17-14)12-7-8-21-10-12/h7-8,10-11,13-15,17H,4-6,9H2,1-3H3. The predicted octanol–water partition coefficient (Wildman–Crippen LogP) is 2.44.